The van der Waals surface area contributed by atoms with Gasteiger partial charge in [-0.25, -0.2) is 4.98 Å². The maximum atomic E-state index is 5.36. The Labute approximate surface area is 125 Å². The second kappa shape index (κ2) is 5.75. The van der Waals surface area contributed by atoms with Crippen molar-refractivity contribution in [1.29, 1.82) is 0 Å². The van der Waals surface area contributed by atoms with E-state index >= 15 is 0 Å². The van der Waals surface area contributed by atoms with Gasteiger partial charge in [0.2, 0.25) is 0 Å². The van der Waals surface area contributed by atoms with Crippen molar-refractivity contribution < 1.29 is 4.74 Å². The fourth-order valence-corrected chi connectivity index (χ4v) is 2.41. The number of methoxy groups -OCH3 is 1. The minimum atomic E-state index is 0.316. The molecule has 2 aromatic rings. The van der Waals surface area contributed by atoms with Crippen molar-refractivity contribution in [3.8, 4) is 17.0 Å². The molecule has 0 aliphatic carbocycles. The highest BCUT2D eigenvalue weighted by atomic mass is 32.1. The highest BCUT2D eigenvalue weighted by molar-refractivity contribution is 7.71. The monoisotopic (exact) mass is 288 g/mol. The van der Waals surface area contributed by atoms with Crippen molar-refractivity contribution in [1.82, 2.24) is 9.97 Å². The molecule has 0 aliphatic heterocycles. The smallest absolute Gasteiger partial charge is 0.130 e. The number of ether oxygens (including phenoxy) is 1. The summed E-state index contributed by atoms with van der Waals surface area (Å²) in [5.41, 5.74) is 4.41. The van der Waals surface area contributed by atoms with Gasteiger partial charge < -0.3 is 9.72 Å². The Hall–Kier alpha value is -1.68. The van der Waals surface area contributed by atoms with Crippen molar-refractivity contribution in [3.05, 3.63) is 39.8 Å². The van der Waals surface area contributed by atoms with Crippen LogP contribution in [0.15, 0.2) is 18.2 Å². The molecule has 0 atom stereocenters. The first-order valence-corrected chi connectivity index (χ1v) is 7.10. The zero-order valence-corrected chi connectivity index (χ0v) is 13.4. The van der Waals surface area contributed by atoms with Gasteiger partial charge >= 0.3 is 0 Å². The molecule has 0 radical (unpaired) electrons. The molecule has 1 aromatic heterocycles. The number of aryl methyl sites for hydroxylation is 2. The van der Waals surface area contributed by atoms with E-state index in [1.54, 1.807) is 7.11 Å². The number of benzene rings is 1. The van der Waals surface area contributed by atoms with Crippen LogP contribution in [-0.4, -0.2) is 17.1 Å². The van der Waals surface area contributed by atoms with E-state index in [1.807, 2.05) is 13.0 Å². The van der Waals surface area contributed by atoms with Crippen LogP contribution in [0.5, 0.6) is 5.75 Å². The lowest BCUT2D eigenvalue weighted by molar-refractivity contribution is 0.411. The molecule has 1 aromatic carbocycles. The number of aromatic amines is 1. The summed E-state index contributed by atoms with van der Waals surface area (Å²) < 4.78 is 5.98. The van der Waals surface area contributed by atoms with Gasteiger partial charge in [-0.15, -0.1) is 0 Å². The Morgan fingerprint density at radius 2 is 1.85 bits per heavy atom. The fraction of sp³-hybridized carbons (Fsp3) is 0.375. The van der Waals surface area contributed by atoms with E-state index in [4.69, 9.17) is 17.0 Å². The molecule has 4 heteroatoms. The van der Waals surface area contributed by atoms with Crippen LogP contribution in [0, 0.1) is 18.5 Å². The topological polar surface area (TPSA) is 37.9 Å². The summed E-state index contributed by atoms with van der Waals surface area (Å²) in [5.74, 6) is 2.14. The zero-order valence-electron chi connectivity index (χ0n) is 12.6. The predicted octanol–water partition coefficient (Wildman–Crippen LogP) is 4.56. The van der Waals surface area contributed by atoms with Gasteiger partial charge in [-0.05, 0) is 43.2 Å². The van der Waals surface area contributed by atoms with Gasteiger partial charge in [0, 0.05) is 17.2 Å². The van der Waals surface area contributed by atoms with Crippen LogP contribution < -0.4 is 4.74 Å². The molecule has 0 spiro atoms. The summed E-state index contributed by atoms with van der Waals surface area (Å²) in [7, 11) is 1.69. The molecular formula is C16H20N2OS. The first-order chi connectivity index (χ1) is 9.42. The lowest BCUT2D eigenvalue weighted by atomic mass is 10.0. The third-order valence-electron chi connectivity index (χ3n) is 3.34. The van der Waals surface area contributed by atoms with Crippen molar-refractivity contribution in [2.45, 2.75) is 33.6 Å². The Kier molecular flexibility index (Phi) is 4.23. The maximum absolute atomic E-state index is 5.36. The third kappa shape index (κ3) is 2.90. The summed E-state index contributed by atoms with van der Waals surface area (Å²) in [4.78, 5) is 7.77. The van der Waals surface area contributed by atoms with Crippen LogP contribution in [0.2, 0.25) is 0 Å². The van der Waals surface area contributed by atoms with Crippen LogP contribution in [0.25, 0.3) is 11.3 Å². The molecule has 0 saturated carbocycles. The van der Waals surface area contributed by atoms with E-state index in [0.717, 1.165) is 34.0 Å². The van der Waals surface area contributed by atoms with Gasteiger partial charge in [0.15, 0.2) is 0 Å². The first kappa shape index (κ1) is 14.7. The highest BCUT2D eigenvalue weighted by Gasteiger charge is 2.10. The summed E-state index contributed by atoms with van der Waals surface area (Å²) in [6.07, 6.45) is 0. The van der Waals surface area contributed by atoms with Gasteiger partial charge in [0.1, 0.15) is 16.2 Å². The minimum absolute atomic E-state index is 0.316. The van der Waals surface area contributed by atoms with E-state index in [1.165, 1.54) is 0 Å². The number of hydrogen-bond acceptors (Lipinski definition) is 3. The molecule has 0 aliphatic rings. The molecule has 0 bridgehead atoms. The van der Waals surface area contributed by atoms with Crippen molar-refractivity contribution in [2.24, 2.45) is 0 Å². The second-order valence-electron chi connectivity index (χ2n) is 5.31. The van der Waals surface area contributed by atoms with Crippen molar-refractivity contribution in [3.63, 3.8) is 0 Å². The van der Waals surface area contributed by atoms with Gasteiger partial charge in [-0.2, -0.15) is 0 Å². The third-order valence-corrected chi connectivity index (χ3v) is 3.55. The van der Waals surface area contributed by atoms with Gasteiger partial charge in [0.05, 0.1) is 7.11 Å². The molecule has 0 amide bonds. The van der Waals surface area contributed by atoms with E-state index < -0.39 is 0 Å². The molecule has 2 rings (SSSR count). The molecule has 20 heavy (non-hydrogen) atoms. The summed E-state index contributed by atoms with van der Waals surface area (Å²) >= 11 is 5.28. The molecule has 0 fully saturated rings. The fourth-order valence-electron chi connectivity index (χ4n) is 2.19. The SMILES string of the molecule is COc1cc(C)c(-c2cc(=S)nc(C(C)C)[nH]2)cc1C. The predicted molar refractivity (Wildman–Crippen MR) is 85.0 cm³/mol. The van der Waals surface area contributed by atoms with Crippen molar-refractivity contribution >= 4 is 12.2 Å². The summed E-state index contributed by atoms with van der Waals surface area (Å²) in [5, 5.41) is 0. The average molecular weight is 288 g/mol. The van der Waals surface area contributed by atoms with Crippen LogP contribution in [0.4, 0.5) is 0 Å². The van der Waals surface area contributed by atoms with Crippen LogP contribution in [0.1, 0.15) is 36.7 Å². The largest absolute Gasteiger partial charge is 0.496 e. The van der Waals surface area contributed by atoms with Gasteiger partial charge in [-0.3, -0.25) is 0 Å². The Bertz CT molecular complexity index is 689. The second-order valence-corrected chi connectivity index (χ2v) is 5.73. The van der Waals surface area contributed by atoms with Crippen molar-refractivity contribution in [2.75, 3.05) is 7.11 Å². The number of rotatable bonds is 3. The van der Waals surface area contributed by atoms with Crippen LogP contribution >= 0.6 is 12.2 Å². The summed E-state index contributed by atoms with van der Waals surface area (Å²) in [6, 6.07) is 6.09. The quantitative estimate of drug-likeness (QED) is 0.842. The molecule has 3 nitrogen and oxygen atoms in total. The molecular weight excluding hydrogens is 268 g/mol. The molecule has 0 unspecified atom stereocenters. The molecule has 1 N–H and O–H groups in total. The molecule has 1 heterocycles. The number of nitrogens with zero attached hydrogens (tertiary/aromatic N) is 1. The lowest BCUT2D eigenvalue weighted by Gasteiger charge is -2.13. The minimum Gasteiger partial charge on any atom is -0.496 e. The Morgan fingerprint density at radius 1 is 1.15 bits per heavy atom. The van der Waals surface area contributed by atoms with E-state index in [0.29, 0.717) is 10.6 Å². The van der Waals surface area contributed by atoms with Crippen LogP contribution in [0.3, 0.4) is 0 Å². The number of H-pyrrole nitrogens is 1. The Balaban J connectivity index is 2.62. The number of hydrogen-bond donors (Lipinski definition) is 1. The zero-order chi connectivity index (χ0) is 14.9. The standard InChI is InChI=1S/C16H20N2OS/c1-9(2)16-17-13(8-15(20)18-16)12-6-11(4)14(19-5)7-10(12)3/h6-9H,1-5H3,(H,17,18,20). The van der Waals surface area contributed by atoms with E-state index in [9.17, 15) is 0 Å². The van der Waals surface area contributed by atoms with Gasteiger partial charge in [-0.1, -0.05) is 26.1 Å². The average Bonchev–Trinajstić information content (AvgIpc) is 2.40. The normalized spacial score (nSPS) is 10.9. The molecule has 106 valence electrons. The maximum Gasteiger partial charge on any atom is 0.130 e. The Morgan fingerprint density at radius 3 is 2.45 bits per heavy atom. The highest BCUT2D eigenvalue weighted by Crippen LogP contribution is 2.29. The number of aromatic nitrogens is 2. The van der Waals surface area contributed by atoms with Crippen LogP contribution in [-0.2, 0) is 0 Å². The summed E-state index contributed by atoms with van der Waals surface area (Å²) in [6.45, 7) is 8.32. The van der Waals surface area contributed by atoms with E-state index in [2.05, 4.69) is 42.9 Å². The van der Waals surface area contributed by atoms with E-state index in [-0.39, 0.29) is 0 Å². The molecule has 0 saturated heterocycles. The first-order valence-electron chi connectivity index (χ1n) is 6.69. The number of nitrogens with one attached hydrogen (secondary N) is 1. The van der Waals surface area contributed by atoms with Gasteiger partial charge in [0.25, 0.3) is 0 Å². The lowest BCUT2D eigenvalue weighted by Crippen LogP contribution is -2.00.